The van der Waals surface area contributed by atoms with Gasteiger partial charge in [0.2, 0.25) is 16.9 Å². The Morgan fingerprint density at radius 3 is 2.39 bits per heavy atom. The van der Waals surface area contributed by atoms with Gasteiger partial charge in [0.05, 0.1) is 19.5 Å². The number of nitrogens with one attached hydrogen (secondary N) is 2. The number of thioether (sulfide) groups is 1. The minimum atomic E-state index is -5.61. The molecular weight excluding hydrogens is 907 g/mol. The van der Waals surface area contributed by atoms with Crippen LogP contribution in [0.5, 0.6) is 0 Å². The van der Waals surface area contributed by atoms with Crippen molar-refractivity contribution in [3.05, 3.63) is 60.7 Å². The molecule has 0 aliphatic carbocycles. The van der Waals surface area contributed by atoms with E-state index in [2.05, 4.69) is 29.9 Å². The van der Waals surface area contributed by atoms with Crippen LogP contribution in [0.25, 0.3) is 11.2 Å². The van der Waals surface area contributed by atoms with Crippen molar-refractivity contribution in [1.82, 2.24) is 30.2 Å². The van der Waals surface area contributed by atoms with Crippen LogP contribution < -0.4 is 16.4 Å². The number of hydrogen-bond donors (Lipinski definition) is 9. The van der Waals surface area contributed by atoms with Gasteiger partial charge < -0.3 is 50.9 Å². The van der Waals surface area contributed by atoms with Gasteiger partial charge in [-0.25, -0.2) is 28.6 Å². The van der Waals surface area contributed by atoms with E-state index < -0.39 is 84.1 Å². The number of nitrogen functional groups attached to an aromatic ring is 1. The van der Waals surface area contributed by atoms with Crippen LogP contribution in [0.3, 0.4) is 0 Å². The highest BCUT2D eigenvalue weighted by Crippen LogP contribution is 2.61. The normalized spacial score (nSPS) is 21.9. The number of phosphoric ester groups is 3. The van der Waals surface area contributed by atoms with Crippen LogP contribution in [0.4, 0.5) is 5.82 Å². The molecule has 0 radical (unpaired) electrons. The monoisotopic (exact) mass is 953 g/mol. The number of nitrogens with two attached hydrogens (primary N) is 1. The highest BCUT2D eigenvalue weighted by Gasteiger charge is 2.57. The van der Waals surface area contributed by atoms with Crippen LogP contribution >= 0.6 is 35.2 Å². The van der Waals surface area contributed by atoms with Gasteiger partial charge in [-0.15, -0.1) is 0 Å². The maximum absolute atomic E-state index is 12.8. The number of amides is 2. The fourth-order valence-corrected chi connectivity index (χ4v) is 9.06. The number of carbonyl (C=O) groups excluding carboxylic acids is 4. The van der Waals surface area contributed by atoms with Gasteiger partial charge in [-0.3, -0.25) is 37.3 Å². The van der Waals surface area contributed by atoms with Gasteiger partial charge >= 0.3 is 23.5 Å². The van der Waals surface area contributed by atoms with Gasteiger partial charge in [-0.05, 0) is 13.0 Å². The summed E-state index contributed by atoms with van der Waals surface area (Å²) in [5.74, 6) is -1.47. The van der Waals surface area contributed by atoms with Gasteiger partial charge in [0, 0.05) is 42.7 Å². The number of hydrogen-bond acceptors (Lipinski definition) is 19. The van der Waals surface area contributed by atoms with E-state index in [1.807, 2.05) is 0 Å². The SMILES string of the molecule is CC(C)(COP(=O)(O)OP(=O)(O)OCC1OC(C)(n2cnc3c(N)ncnc32)C(O)C1OP(=O)(O)O)C(O)C(=O)NCCC(=O)NCCSC(=O)C=CCC(=O)c1ccccc1. The maximum atomic E-state index is 12.8. The molecule has 0 bridgehead atoms. The van der Waals surface area contributed by atoms with Crippen molar-refractivity contribution in [1.29, 1.82) is 0 Å². The number of phosphoric acid groups is 3. The Morgan fingerprint density at radius 1 is 1.03 bits per heavy atom. The lowest BCUT2D eigenvalue weighted by Crippen LogP contribution is -2.46. The van der Waals surface area contributed by atoms with Gasteiger partial charge in [0.25, 0.3) is 0 Å². The second kappa shape index (κ2) is 21.2. The van der Waals surface area contributed by atoms with Crippen molar-refractivity contribution in [3.63, 3.8) is 0 Å². The molecule has 7 atom stereocenters. The summed E-state index contributed by atoms with van der Waals surface area (Å²) in [6.45, 7) is 1.51. The fourth-order valence-electron chi connectivity index (χ4n) is 5.65. The molecule has 342 valence electrons. The highest BCUT2D eigenvalue weighted by atomic mass is 32.2. The minimum absolute atomic E-state index is 0.0110. The third kappa shape index (κ3) is 14.4. The van der Waals surface area contributed by atoms with Crippen LogP contribution in [-0.4, -0.2) is 128 Å². The number of ether oxygens (including phenoxy) is 1. The van der Waals surface area contributed by atoms with Gasteiger partial charge in [-0.2, -0.15) is 4.31 Å². The number of aliphatic hydroxyl groups excluding tert-OH is 2. The number of anilines is 1. The molecule has 1 aliphatic rings. The first kappa shape index (κ1) is 50.8. The lowest BCUT2D eigenvalue weighted by molar-refractivity contribution is -0.137. The van der Waals surface area contributed by atoms with Crippen molar-refractivity contribution >= 4 is 74.9 Å². The summed E-state index contributed by atoms with van der Waals surface area (Å²) < 4.78 is 62.8. The predicted octanol–water partition coefficient (Wildman–Crippen LogP) is 0.668. The number of ketones is 1. The molecule has 2 amide bonds. The summed E-state index contributed by atoms with van der Waals surface area (Å²) >= 11 is 0.919. The topological polar surface area (TPSA) is 381 Å². The van der Waals surface area contributed by atoms with E-state index in [1.54, 1.807) is 30.3 Å². The van der Waals surface area contributed by atoms with Crippen molar-refractivity contribution in [2.45, 2.75) is 63.8 Å². The number of rotatable bonds is 23. The summed E-state index contributed by atoms with van der Waals surface area (Å²) in [5, 5.41) is 26.3. The van der Waals surface area contributed by atoms with E-state index in [9.17, 15) is 62.7 Å². The van der Waals surface area contributed by atoms with E-state index >= 15 is 0 Å². The Kier molecular flexibility index (Phi) is 17.4. The first-order valence-corrected chi connectivity index (χ1v) is 23.7. The van der Waals surface area contributed by atoms with Crippen LogP contribution in [0.2, 0.25) is 0 Å². The zero-order chi connectivity index (χ0) is 46.1. The van der Waals surface area contributed by atoms with Crippen LogP contribution in [0.1, 0.15) is 44.0 Å². The fraction of sp³-hybridized carbons (Fsp3) is 0.485. The Labute approximate surface area is 357 Å². The molecule has 1 aromatic carbocycles. The molecule has 1 fully saturated rings. The lowest BCUT2D eigenvalue weighted by atomic mass is 9.87. The third-order valence-electron chi connectivity index (χ3n) is 8.88. The summed E-state index contributed by atoms with van der Waals surface area (Å²) in [7, 11) is -16.5. The van der Waals surface area contributed by atoms with E-state index in [0.29, 0.717) is 5.56 Å². The molecule has 25 nitrogen and oxygen atoms in total. The number of imidazole rings is 1. The van der Waals surface area contributed by atoms with E-state index in [4.69, 9.17) is 24.0 Å². The summed E-state index contributed by atoms with van der Waals surface area (Å²) in [5.41, 5.74) is 2.78. The number of nitrogens with zero attached hydrogens (tertiary/aromatic N) is 4. The van der Waals surface area contributed by atoms with E-state index in [1.165, 1.54) is 32.9 Å². The van der Waals surface area contributed by atoms with Gasteiger partial charge in [0.15, 0.2) is 23.0 Å². The predicted molar refractivity (Wildman–Crippen MR) is 216 cm³/mol. The molecule has 3 heterocycles. The number of aromatic nitrogens is 4. The molecule has 0 saturated carbocycles. The number of carbonyl (C=O) groups is 4. The summed E-state index contributed by atoms with van der Waals surface area (Å²) in [6.07, 6.45) is -2.84. The summed E-state index contributed by atoms with van der Waals surface area (Å²) in [4.78, 5) is 100. The molecule has 4 rings (SSSR count). The Hall–Kier alpha value is -3.81. The zero-order valence-corrected chi connectivity index (χ0v) is 36.7. The largest absolute Gasteiger partial charge is 0.481 e. The molecule has 1 saturated heterocycles. The van der Waals surface area contributed by atoms with Crippen molar-refractivity contribution in [3.8, 4) is 0 Å². The van der Waals surface area contributed by atoms with Crippen LogP contribution in [-0.2, 0) is 56.4 Å². The zero-order valence-electron chi connectivity index (χ0n) is 33.2. The number of Topliss-reactive ketones (excluding diaryl/α,β-unsaturated/α-hetero) is 1. The van der Waals surface area contributed by atoms with Gasteiger partial charge in [-0.1, -0.05) is 62.0 Å². The van der Waals surface area contributed by atoms with Crippen molar-refractivity contribution in [2.75, 3.05) is 37.8 Å². The number of allylic oxidation sites excluding steroid dienone is 1. The Bertz CT molecular complexity index is 2260. The molecular formula is C33H46N7O18P3S. The molecule has 7 unspecified atom stereocenters. The average Bonchev–Trinajstić information content (AvgIpc) is 3.74. The Balaban J connectivity index is 1.20. The lowest BCUT2D eigenvalue weighted by Gasteiger charge is -2.30. The van der Waals surface area contributed by atoms with Crippen LogP contribution in [0.15, 0.2) is 55.1 Å². The smallest absolute Gasteiger partial charge is 0.385 e. The van der Waals surface area contributed by atoms with Crippen molar-refractivity contribution < 1.29 is 85.3 Å². The average molecular weight is 954 g/mol. The molecule has 3 aromatic rings. The molecule has 1 aliphatic heterocycles. The molecule has 0 spiro atoms. The van der Waals surface area contributed by atoms with E-state index in [0.717, 1.165) is 29.0 Å². The molecule has 2 aromatic heterocycles. The highest BCUT2D eigenvalue weighted by molar-refractivity contribution is 8.14. The quantitative estimate of drug-likeness (QED) is 0.0273. The van der Waals surface area contributed by atoms with Crippen molar-refractivity contribution in [2.24, 2.45) is 5.41 Å². The first-order valence-electron chi connectivity index (χ1n) is 18.2. The standard InChI is InChI=1S/C33H46N7O18P3S/c1-32(2,28(45)31(46)36-13-12-23(42)35-14-15-62-24(43)11-7-10-21(41)20-8-5-4-6-9-20)17-55-61(52,53)58-60(50,51)54-16-22-26(57-59(47,48)49)27(44)33(3,56-22)40-19-39-25-29(34)37-18-38-30(25)40/h4-9,11,18-19,22,26-28,44-45H,10,12-17H2,1-3H3,(H,35,42)(H,36,46)(H,50,51)(H,52,53)(H2,34,37,38)(H2,47,48,49). The Morgan fingerprint density at radius 2 is 1.71 bits per heavy atom. The molecule has 10 N–H and O–H groups in total. The number of benzene rings is 1. The summed E-state index contributed by atoms with van der Waals surface area (Å²) in [6, 6.07) is 8.59. The van der Waals surface area contributed by atoms with Gasteiger partial charge in [0.1, 0.15) is 36.3 Å². The number of aliphatic hydroxyl groups is 2. The molecule has 62 heavy (non-hydrogen) atoms. The second-order valence-corrected chi connectivity index (χ2v) is 19.5. The first-order chi connectivity index (χ1) is 28.8. The molecule has 29 heteroatoms. The second-order valence-electron chi connectivity index (χ2n) is 14.2. The van der Waals surface area contributed by atoms with E-state index in [-0.39, 0.29) is 59.6 Å². The third-order valence-corrected chi connectivity index (χ3v) is 12.8. The van der Waals surface area contributed by atoms with Crippen LogP contribution in [0, 0.1) is 5.41 Å². The maximum Gasteiger partial charge on any atom is 0.481 e. The minimum Gasteiger partial charge on any atom is -0.385 e. The number of fused-ring (bicyclic) bond motifs is 1.